The van der Waals surface area contributed by atoms with E-state index in [0.717, 1.165) is 43.2 Å². The van der Waals surface area contributed by atoms with Gasteiger partial charge in [-0.2, -0.15) is 5.10 Å². The monoisotopic (exact) mass is 450 g/mol. The molecule has 0 bridgehead atoms. The van der Waals surface area contributed by atoms with E-state index in [2.05, 4.69) is 100.0 Å². The Hall–Kier alpha value is -3.13. The first-order chi connectivity index (χ1) is 16.4. The predicted octanol–water partition coefficient (Wildman–Crippen LogP) is 8.98. The lowest BCUT2D eigenvalue weighted by molar-refractivity contribution is 0.795. The third-order valence-electron chi connectivity index (χ3n) is 7.25. The summed E-state index contributed by atoms with van der Waals surface area (Å²) in [5, 5.41) is 8.78. The molecule has 0 saturated heterocycles. The van der Waals surface area contributed by atoms with Crippen LogP contribution in [0.5, 0.6) is 0 Å². The second kappa shape index (κ2) is 10.4. The van der Waals surface area contributed by atoms with Gasteiger partial charge < -0.3 is 0 Å². The molecule has 0 saturated carbocycles. The van der Waals surface area contributed by atoms with Gasteiger partial charge in [0.1, 0.15) is 0 Å². The number of benzene rings is 1. The lowest BCUT2D eigenvalue weighted by atomic mass is 9.83. The molecule has 176 valence electrons. The van der Waals surface area contributed by atoms with Gasteiger partial charge in [-0.15, -0.1) is 0 Å². The van der Waals surface area contributed by atoms with Crippen LogP contribution in [0.1, 0.15) is 71.4 Å². The smallest absolute Gasteiger partial charge is 0.0653 e. The molecule has 0 radical (unpaired) electrons. The molecule has 34 heavy (non-hydrogen) atoms. The SMILES string of the molecule is C=C(/C=C\C(=C/C)C1=C(C2=C(CC)CC(C)=CC=C2)CCCc2c1ccc1[nH]ncc21)C(C)C. The summed E-state index contributed by atoms with van der Waals surface area (Å²) in [7, 11) is 0. The predicted molar refractivity (Wildman–Crippen MR) is 148 cm³/mol. The summed E-state index contributed by atoms with van der Waals surface area (Å²) >= 11 is 0. The summed E-state index contributed by atoms with van der Waals surface area (Å²) in [5.41, 5.74) is 13.6. The fourth-order valence-corrected chi connectivity index (χ4v) is 5.17. The fraction of sp³-hybridized carbons (Fsp3) is 0.344. The molecule has 0 unspecified atom stereocenters. The first-order valence-electron chi connectivity index (χ1n) is 12.7. The van der Waals surface area contributed by atoms with Crippen molar-refractivity contribution in [2.45, 2.75) is 66.7 Å². The van der Waals surface area contributed by atoms with Crippen LogP contribution in [0.25, 0.3) is 16.5 Å². The quantitative estimate of drug-likeness (QED) is 0.437. The van der Waals surface area contributed by atoms with E-state index in [1.165, 1.54) is 50.0 Å². The van der Waals surface area contributed by atoms with Gasteiger partial charge in [-0.25, -0.2) is 0 Å². The van der Waals surface area contributed by atoms with Gasteiger partial charge in [0.25, 0.3) is 0 Å². The summed E-state index contributed by atoms with van der Waals surface area (Å²) in [6.45, 7) is 15.4. The summed E-state index contributed by atoms with van der Waals surface area (Å²) in [6, 6.07) is 4.50. The third-order valence-corrected chi connectivity index (χ3v) is 7.25. The van der Waals surface area contributed by atoms with Gasteiger partial charge in [-0.05, 0) is 91.4 Å². The zero-order valence-corrected chi connectivity index (χ0v) is 21.5. The van der Waals surface area contributed by atoms with Crippen molar-refractivity contribution in [1.82, 2.24) is 10.2 Å². The second-order valence-corrected chi connectivity index (χ2v) is 9.86. The highest BCUT2D eigenvalue weighted by molar-refractivity contribution is 5.95. The molecule has 2 nitrogen and oxygen atoms in total. The maximum atomic E-state index is 4.36. The van der Waals surface area contributed by atoms with E-state index in [0.29, 0.717) is 5.92 Å². The van der Waals surface area contributed by atoms with E-state index in [4.69, 9.17) is 0 Å². The van der Waals surface area contributed by atoms with Crippen LogP contribution in [0.15, 0.2) is 94.8 Å². The van der Waals surface area contributed by atoms with Gasteiger partial charge in [0.2, 0.25) is 0 Å². The van der Waals surface area contributed by atoms with Crippen LogP contribution in [0.3, 0.4) is 0 Å². The van der Waals surface area contributed by atoms with E-state index in [-0.39, 0.29) is 0 Å². The molecular weight excluding hydrogens is 412 g/mol. The largest absolute Gasteiger partial charge is 0.278 e. The topological polar surface area (TPSA) is 28.7 Å². The lowest BCUT2D eigenvalue weighted by Crippen LogP contribution is -2.01. The highest BCUT2D eigenvalue weighted by atomic mass is 15.1. The van der Waals surface area contributed by atoms with Crippen molar-refractivity contribution in [3.63, 3.8) is 0 Å². The number of hydrogen-bond donors (Lipinski definition) is 1. The molecule has 1 aromatic heterocycles. The maximum Gasteiger partial charge on any atom is 0.0653 e. The first kappa shape index (κ1) is 24.0. The number of rotatable bonds is 6. The number of H-pyrrole nitrogens is 1. The normalized spacial score (nSPS) is 17.5. The minimum atomic E-state index is 0.433. The molecule has 0 atom stereocenters. The zero-order valence-electron chi connectivity index (χ0n) is 21.5. The Morgan fingerprint density at radius 2 is 2.03 bits per heavy atom. The molecule has 0 spiro atoms. The molecule has 0 fully saturated rings. The van der Waals surface area contributed by atoms with Crippen molar-refractivity contribution in [1.29, 1.82) is 0 Å². The summed E-state index contributed by atoms with van der Waals surface area (Å²) in [4.78, 5) is 0. The number of fused-ring (bicyclic) bond motifs is 3. The van der Waals surface area contributed by atoms with Crippen molar-refractivity contribution >= 4 is 16.5 Å². The van der Waals surface area contributed by atoms with Crippen LogP contribution in [0.2, 0.25) is 0 Å². The minimum absolute atomic E-state index is 0.433. The van der Waals surface area contributed by atoms with Crippen LogP contribution < -0.4 is 0 Å². The second-order valence-electron chi connectivity index (χ2n) is 9.86. The molecule has 1 N–H and O–H groups in total. The standard InChI is InChI=1S/C32H38N2/c1-7-24(16-15-23(6)21(3)4)32-28(26-12-9-11-22(5)19-25(26)8-2)14-10-13-27-29(32)17-18-31-30(27)20-33-34-31/h7,9,11-12,15-18,20-21H,6,8,10,13-14,19H2,1-5H3,(H,33,34)/b16-15-,24-7+. The van der Waals surface area contributed by atoms with Crippen molar-refractivity contribution in [3.05, 3.63) is 106 Å². The first-order valence-corrected chi connectivity index (χ1v) is 12.7. The van der Waals surface area contributed by atoms with E-state index in [1.54, 1.807) is 0 Å². The Morgan fingerprint density at radius 1 is 1.21 bits per heavy atom. The summed E-state index contributed by atoms with van der Waals surface area (Å²) < 4.78 is 0. The molecule has 0 aliphatic heterocycles. The number of aromatic nitrogens is 2. The average molecular weight is 451 g/mol. The average Bonchev–Trinajstić information content (AvgIpc) is 3.13. The molecule has 1 heterocycles. The number of allylic oxidation sites excluding steroid dienone is 13. The van der Waals surface area contributed by atoms with Crippen molar-refractivity contribution in [2.75, 3.05) is 0 Å². The minimum Gasteiger partial charge on any atom is -0.278 e. The fourth-order valence-electron chi connectivity index (χ4n) is 5.17. The Labute approximate surface area is 205 Å². The highest BCUT2D eigenvalue weighted by Gasteiger charge is 2.24. The van der Waals surface area contributed by atoms with Gasteiger partial charge in [0, 0.05) is 5.39 Å². The molecule has 4 rings (SSSR count). The Bertz CT molecular complexity index is 1280. The summed E-state index contributed by atoms with van der Waals surface area (Å²) in [6.07, 6.45) is 21.0. The lowest BCUT2D eigenvalue weighted by Gasteiger charge is -2.20. The van der Waals surface area contributed by atoms with Crippen LogP contribution in [0, 0.1) is 5.92 Å². The number of aromatic amines is 1. The molecule has 2 heteroatoms. The van der Waals surface area contributed by atoms with E-state index in [1.807, 2.05) is 6.20 Å². The van der Waals surface area contributed by atoms with E-state index in [9.17, 15) is 0 Å². The van der Waals surface area contributed by atoms with Crippen LogP contribution in [-0.4, -0.2) is 10.2 Å². The van der Waals surface area contributed by atoms with Crippen LogP contribution in [-0.2, 0) is 6.42 Å². The number of aryl methyl sites for hydroxylation is 1. The molecule has 0 amide bonds. The number of hydrogen-bond acceptors (Lipinski definition) is 1. The van der Waals surface area contributed by atoms with Gasteiger partial charge in [0.15, 0.2) is 0 Å². The summed E-state index contributed by atoms with van der Waals surface area (Å²) in [5.74, 6) is 0.433. The van der Waals surface area contributed by atoms with Gasteiger partial charge >= 0.3 is 0 Å². The highest BCUT2D eigenvalue weighted by Crippen LogP contribution is 2.43. The van der Waals surface area contributed by atoms with Crippen molar-refractivity contribution < 1.29 is 0 Å². The molecule has 2 aliphatic rings. The van der Waals surface area contributed by atoms with Crippen molar-refractivity contribution in [3.8, 4) is 0 Å². The Morgan fingerprint density at radius 3 is 2.76 bits per heavy atom. The maximum absolute atomic E-state index is 4.36. The van der Waals surface area contributed by atoms with Gasteiger partial charge in [-0.1, -0.05) is 86.6 Å². The van der Waals surface area contributed by atoms with Crippen molar-refractivity contribution in [2.24, 2.45) is 5.92 Å². The van der Waals surface area contributed by atoms with Gasteiger partial charge in [0.05, 0.1) is 11.7 Å². The Balaban J connectivity index is 2.01. The zero-order chi connectivity index (χ0) is 24.2. The van der Waals surface area contributed by atoms with E-state index >= 15 is 0 Å². The molecular formula is C32H38N2. The third kappa shape index (κ3) is 4.73. The number of nitrogens with zero attached hydrogens (tertiary/aromatic N) is 1. The molecule has 2 aliphatic carbocycles. The number of nitrogens with one attached hydrogen (secondary N) is 1. The van der Waals surface area contributed by atoms with Gasteiger partial charge in [-0.3, -0.25) is 5.10 Å². The van der Waals surface area contributed by atoms with E-state index < -0.39 is 0 Å². The molecule has 1 aromatic carbocycles. The molecule has 2 aromatic rings. The Kier molecular flexibility index (Phi) is 7.36. The van der Waals surface area contributed by atoms with Crippen LogP contribution >= 0.6 is 0 Å². The van der Waals surface area contributed by atoms with Crippen LogP contribution in [0.4, 0.5) is 0 Å².